The first-order valence-electron chi connectivity index (χ1n) is 6.58. The third-order valence-electron chi connectivity index (χ3n) is 3.32. The minimum Gasteiger partial charge on any atom is -0.326 e. The summed E-state index contributed by atoms with van der Waals surface area (Å²) in [6, 6.07) is 11.6. The van der Waals surface area contributed by atoms with Gasteiger partial charge in [0.05, 0.1) is 6.42 Å². The summed E-state index contributed by atoms with van der Waals surface area (Å²) in [5, 5.41) is 3.61. The van der Waals surface area contributed by atoms with Gasteiger partial charge < -0.3 is 5.32 Å². The average Bonchev–Trinajstić information content (AvgIpc) is 2.37. The molecule has 0 atom stereocenters. The highest BCUT2D eigenvalue weighted by Gasteiger charge is 2.08. The number of nitrogens with one attached hydrogen (secondary N) is 1. The molecule has 0 saturated heterocycles. The maximum atomic E-state index is 12.1. The Kier molecular flexibility index (Phi) is 4.46. The third kappa shape index (κ3) is 3.61. The zero-order valence-electron chi connectivity index (χ0n) is 12.0. The van der Waals surface area contributed by atoms with Crippen LogP contribution < -0.4 is 5.32 Å². The Labute approximate surface area is 124 Å². The van der Waals surface area contributed by atoms with Gasteiger partial charge in [0.1, 0.15) is 0 Å². The summed E-state index contributed by atoms with van der Waals surface area (Å²) in [7, 11) is 0. The summed E-state index contributed by atoms with van der Waals surface area (Å²) in [5.41, 5.74) is 5.14. The Morgan fingerprint density at radius 3 is 2.50 bits per heavy atom. The van der Waals surface area contributed by atoms with E-state index in [1.165, 1.54) is 5.56 Å². The molecule has 3 heteroatoms. The van der Waals surface area contributed by atoms with E-state index in [4.69, 9.17) is 11.6 Å². The van der Waals surface area contributed by atoms with Gasteiger partial charge in [0, 0.05) is 10.7 Å². The lowest BCUT2D eigenvalue weighted by molar-refractivity contribution is -0.115. The lowest BCUT2D eigenvalue weighted by Gasteiger charge is -2.10. The number of rotatable bonds is 3. The van der Waals surface area contributed by atoms with Crippen molar-refractivity contribution in [3.05, 3.63) is 63.7 Å². The zero-order chi connectivity index (χ0) is 14.7. The van der Waals surface area contributed by atoms with Gasteiger partial charge in [-0.2, -0.15) is 0 Å². The predicted octanol–water partition coefficient (Wildman–Crippen LogP) is 4.45. The summed E-state index contributed by atoms with van der Waals surface area (Å²) in [6.07, 6.45) is 0.385. The topological polar surface area (TPSA) is 29.1 Å². The maximum Gasteiger partial charge on any atom is 0.228 e. The van der Waals surface area contributed by atoms with Gasteiger partial charge in [-0.25, -0.2) is 0 Å². The summed E-state index contributed by atoms with van der Waals surface area (Å²) in [6.45, 7) is 5.99. The van der Waals surface area contributed by atoms with Crippen LogP contribution in [0.3, 0.4) is 0 Å². The highest BCUT2D eigenvalue weighted by molar-refractivity contribution is 6.30. The molecule has 2 nitrogen and oxygen atoms in total. The van der Waals surface area contributed by atoms with Crippen LogP contribution in [0.4, 0.5) is 5.69 Å². The highest BCUT2D eigenvalue weighted by Crippen LogP contribution is 2.20. The Morgan fingerprint density at radius 1 is 1.05 bits per heavy atom. The molecule has 20 heavy (non-hydrogen) atoms. The largest absolute Gasteiger partial charge is 0.326 e. The van der Waals surface area contributed by atoms with Crippen molar-refractivity contribution in [2.24, 2.45) is 0 Å². The quantitative estimate of drug-likeness (QED) is 0.888. The molecule has 104 valence electrons. The van der Waals surface area contributed by atoms with Crippen molar-refractivity contribution in [3.63, 3.8) is 0 Å². The summed E-state index contributed by atoms with van der Waals surface area (Å²) >= 11 is 5.91. The van der Waals surface area contributed by atoms with Crippen LogP contribution in [0.25, 0.3) is 0 Å². The number of amides is 1. The fraction of sp³-hybridized carbons (Fsp3) is 0.235. The summed E-state index contributed by atoms with van der Waals surface area (Å²) < 4.78 is 0. The van der Waals surface area contributed by atoms with Gasteiger partial charge in [-0.1, -0.05) is 35.4 Å². The van der Waals surface area contributed by atoms with E-state index in [2.05, 4.69) is 17.4 Å². The lowest BCUT2D eigenvalue weighted by Crippen LogP contribution is -2.15. The van der Waals surface area contributed by atoms with Gasteiger partial charge >= 0.3 is 0 Å². The second kappa shape index (κ2) is 6.10. The van der Waals surface area contributed by atoms with Crippen LogP contribution >= 0.6 is 11.6 Å². The van der Waals surface area contributed by atoms with Crippen LogP contribution in [-0.2, 0) is 11.2 Å². The Balaban J connectivity index is 2.11. The zero-order valence-corrected chi connectivity index (χ0v) is 12.7. The Bertz CT molecular complexity index is 649. The van der Waals surface area contributed by atoms with E-state index in [0.29, 0.717) is 11.4 Å². The van der Waals surface area contributed by atoms with Crippen molar-refractivity contribution in [1.29, 1.82) is 0 Å². The van der Waals surface area contributed by atoms with Crippen molar-refractivity contribution in [1.82, 2.24) is 0 Å². The van der Waals surface area contributed by atoms with Crippen LogP contribution in [0.15, 0.2) is 36.4 Å². The van der Waals surface area contributed by atoms with Crippen molar-refractivity contribution in [2.75, 3.05) is 5.32 Å². The number of aryl methyl sites for hydroxylation is 3. The number of carbonyl (C=O) groups excluding carboxylic acids is 1. The van der Waals surface area contributed by atoms with Gasteiger partial charge in [-0.3, -0.25) is 4.79 Å². The first-order chi connectivity index (χ1) is 9.45. The van der Waals surface area contributed by atoms with Gasteiger partial charge in [0.25, 0.3) is 0 Å². The van der Waals surface area contributed by atoms with E-state index in [-0.39, 0.29) is 5.91 Å². The predicted molar refractivity (Wildman–Crippen MR) is 84.4 cm³/mol. The van der Waals surface area contributed by atoms with E-state index in [1.54, 1.807) is 6.07 Å². The van der Waals surface area contributed by atoms with Crippen LogP contribution in [0, 0.1) is 20.8 Å². The molecular formula is C17H18ClNO. The maximum absolute atomic E-state index is 12.1. The van der Waals surface area contributed by atoms with E-state index in [0.717, 1.165) is 22.4 Å². The van der Waals surface area contributed by atoms with Crippen LogP contribution in [0.2, 0.25) is 5.02 Å². The normalized spacial score (nSPS) is 10.4. The number of hydrogen-bond donors (Lipinski definition) is 1. The number of benzene rings is 2. The third-order valence-corrected chi connectivity index (χ3v) is 3.55. The number of hydrogen-bond acceptors (Lipinski definition) is 1. The fourth-order valence-corrected chi connectivity index (χ4v) is 2.35. The molecule has 1 N–H and O–H groups in total. The molecule has 0 unspecified atom stereocenters. The van der Waals surface area contributed by atoms with Gasteiger partial charge in [-0.15, -0.1) is 0 Å². The van der Waals surface area contributed by atoms with Crippen LogP contribution in [0.1, 0.15) is 22.3 Å². The summed E-state index contributed by atoms with van der Waals surface area (Å²) in [4.78, 5) is 12.1. The minimum absolute atomic E-state index is 0.0101. The molecule has 1 amide bonds. The molecule has 2 rings (SSSR count). The molecule has 0 saturated carbocycles. The monoisotopic (exact) mass is 287 g/mol. The van der Waals surface area contributed by atoms with Crippen molar-refractivity contribution in [2.45, 2.75) is 27.2 Å². The average molecular weight is 288 g/mol. The van der Waals surface area contributed by atoms with Gasteiger partial charge in [-0.05, 0) is 55.7 Å². The van der Waals surface area contributed by atoms with E-state index >= 15 is 0 Å². The number of anilines is 1. The van der Waals surface area contributed by atoms with E-state index < -0.39 is 0 Å². The summed E-state index contributed by atoms with van der Waals surface area (Å²) in [5.74, 6) is -0.0101. The second-order valence-electron chi connectivity index (χ2n) is 5.11. The molecule has 0 bridgehead atoms. The molecule has 0 fully saturated rings. The molecular weight excluding hydrogens is 270 g/mol. The number of halogens is 1. The molecule has 0 radical (unpaired) electrons. The van der Waals surface area contributed by atoms with Crippen LogP contribution in [0.5, 0.6) is 0 Å². The minimum atomic E-state index is -0.0101. The van der Waals surface area contributed by atoms with Crippen molar-refractivity contribution in [3.8, 4) is 0 Å². The fourth-order valence-electron chi connectivity index (χ4n) is 2.13. The molecule has 2 aromatic rings. The first-order valence-corrected chi connectivity index (χ1v) is 6.95. The standard InChI is InChI=1S/C17H18ClNO/c1-11-4-5-12(2)14(8-11)10-17(20)19-16-7-6-15(18)9-13(16)3/h4-9H,10H2,1-3H3,(H,19,20). The van der Waals surface area contributed by atoms with Crippen LogP contribution in [-0.4, -0.2) is 5.91 Å². The SMILES string of the molecule is Cc1ccc(C)c(CC(=O)Nc2ccc(Cl)cc2C)c1. The molecule has 0 aliphatic rings. The number of carbonyl (C=O) groups is 1. The smallest absolute Gasteiger partial charge is 0.228 e. The van der Waals surface area contributed by atoms with E-state index in [1.807, 2.05) is 39.0 Å². The van der Waals surface area contributed by atoms with Crippen molar-refractivity contribution >= 4 is 23.2 Å². The Hall–Kier alpha value is -1.80. The first kappa shape index (κ1) is 14.6. The van der Waals surface area contributed by atoms with Gasteiger partial charge in [0.15, 0.2) is 0 Å². The molecule has 0 aliphatic carbocycles. The molecule has 2 aromatic carbocycles. The lowest BCUT2D eigenvalue weighted by atomic mass is 10.0. The highest BCUT2D eigenvalue weighted by atomic mass is 35.5. The Morgan fingerprint density at radius 2 is 1.80 bits per heavy atom. The molecule has 0 spiro atoms. The second-order valence-corrected chi connectivity index (χ2v) is 5.55. The molecule has 0 aliphatic heterocycles. The van der Waals surface area contributed by atoms with Gasteiger partial charge in [0.2, 0.25) is 5.91 Å². The van der Waals surface area contributed by atoms with Crippen molar-refractivity contribution < 1.29 is 4.79 Å². The van der Waals surface area contributed by atoms with E-state index in [9.17, 15) is 4.79 Å². The molecule has 0 aromatic heterocycles. The molecule has 0 heterocycles.